The molecule has 0 aromatic heterocycles. The monoisotopic (exact) mass is 647 g/mol. The highest BCUT2D eigenvalue weighted by atomic mass is 16.6. The standard InChI is InChI=1S/C34H51N2O10/c1-34(2,3)46-33(38)36-15-17-42-19-21-44-23-22-43-20-18-41-16-14-35-32(37)26-45-29-11-7-10-27(24-29)8-6-9-28-12-13-30(39-4)31(25-28)40-5/h7-8,10-13,24-25H,6,9,14-23,26H2,1-5H3,(H,35,37)(H,36,38). The minimum Gasteiger partial charge on any atom is -0.493 e. The maximum absolute atomic E-state index is 12.1. The summed E-state index contributed by atoms with van der Waals surface area (Å²) in [6.45, 7) is 9.41. The number of hydrogen-bond acceptors (Lipinski definition) is 10. The van der Waals surface area contributed by atoms with Gasteiger partial charge in [0.1, 0.15) is 11.4 Å². The molecule has 12 heteroatoms. The molecule has 0 heterocycles. The molecule has 0 atom stereocenters. The second-order valence-corrected chi connectivity index (χ2v) is 11.0. The number of carbonyl (C=O) groups is 2. The van der Waals surface area contributed by atoms with Crippen molar-refractivity contribution in [2.24, 2.45) is 0 Å². The number of methoxy groups -OCH3 is 2. The summed E-state index contributed by atoms with van der Waals surface area (Å²) in [6, 6.07) is 13.6. The fraction of sp³-hybridized carbons (Fsp3) is 0.559. The molecule has 1 radical (unpaired) electrons. The summed E-state index contributed by atoms with van der Waals surface area (Å²) in [4.78, 5) is 23.7. The van der Waals surface area contributed by atoms with Crippen molar-refractivity contribution in [3.05, 3.63) is 60.0 Å². The van der Waals surface area contributed by atoms with E-state index >= 15 is 0 Å². The van der Waals surface area contributed by atoms with Crippen LogP contribution < -0.4 is 24.8 Å². The third kappa shape index (κ3) is 18.4. The van der Waals surface area contributed by atoms with Crippen LogP contribution in [0.5, 0.6) is 17.2 Å². The molecule has 2 rings (SSSR count). The lowest BCUT2D eigenvalue weighted by Crippen LogP contribution is -2.34. The number of hydrogen-bond donors (Lipinski definition) is 2. The molecular formula is C34H51N2O10. The zero-order chi connectivity index (χ0) is 33.5. The zero-order valence-corrected chi connectivity index (χ0v) is 27.9. The van der Waals surface area contributed by atoms with Gasteiger partial charge < -0.3 is 48.5 Å². The first-order valence-electron chi connectivity index (χ1n) is 15.5. The van der Waals surface area contributed by atoms with Crippen molar-refractivity contribution in [1.29, 1.82) is 0 Å². The van der Waals surface area contributed by atoms with E-state index in [-0.39, 0.29) is 12.5 Å². The minimum absolute atomic E-state index is 0.0772. The Kier molecular flexibility index (Phi) is 19.2. The Hall–Kier alpha value is -3.58. The van der Waals surface area contributed by atoms with Crippen LogP contribution in [-0.4, -0.2) is 104 Å². The summed E-state index contributed by atoms with van der Waals surface area (Å²) in [5, 5.41) is 5.40. The Morgan fingerprint density at radius 1 is 0.739 bits per heavy atom. The predicted molar refractivity (Wildman–Crippen MR) is 174 cm³/mol. The first kappa shape index (κ1) is 38.6. The lowest BCUT2D eigenvalue weighted by molar-refractivity contribution is -0.123. The number of ether oxygens (including phenoxy) is 8. The fourth-order valence-corrected chi connectivity index (χ4v) is 3.94. The van der Waals surface area contributed by atoms with E-state index in [0.29, 0.717) is 77.4 Å². The van der Waals surface area contributed by atoms with Gasteiger partial charge in [-0.2, -0.15) is 0 Å². The van der Waals surface area contributed by atoms with E-state index in [1.165, 1.54) is 0 Å². The van der Waals surface area contributed by atoms with Crippen LogP contribution in [0.4, 0.5) is 4.79 Å². The Labute approximate surface area is 273 Å². The van der Waals surface area contributed by atoms with E-state index in [1.807, 2.05) is 63.2 Å². The molecule has 0 aliphatic rings. The molecule has 2 aromatic carbocycles. The van der Waals surface area contributed by atoms with Crippen molar-refractivity contribution in [2.75, 3.05) is 86.8 Å². The van der Waals surface area contributed by atoms with Crippen molar-refractivity contribution in [2.45, 2.75) is 39.2 Å². The number of rotatable bonds is 24. The van der Waals surface area contributed by atoms with Crippen LogP contribution in [0.3, 0.4) is 0 Å². The summed E-state index contributed by atoms with van der Waals surface area (Å²) >= 11 is 0. The Morgan fingerprint density at radius 3 is 1.96 bits per heavy atom. The van der Waals surface area contributed by atoms with E-state index in [9.17, 15) is 9.59 Å². The summed E-state index contributed by atoms with van der Waals surface area (Å²) in [5.74, 6) is 1.84. The van der Waals surface area contributed by atoms with E-state index < -0.39 is 11.7 Å². The average Bonchev–Trinajstić information content (AvgIpc) is 3.02. The molecule has 2 amide bonds. The quantitative estimate of drug-likeness (QED) is 0.161. The van der Waals surface area contributed by atoms with Crippen LogP contribution in [0.2, 0.25) is 0 Å². The minimum atomic E-state index is -0.521. The van der Waals surface area contributed by atoms with Gasteiger partial charge in [0.2, 0.25) is 0 Å². The van der Waals surface area contributed by atoms with E-state index in [0.717, 1.165) is 29.7 Å². The maximum Gasteiger partial charge on any atom is 0.407 e. The van der Waals surface area contributed by atoms with Crippen molar-refractivity contribution < 1.29 is 47.5 Å². The van der Waals surface area contributed by atoms with Crippen LogP contribution in [0, 0.1) is 6.42 Å². The SMILES string of the molecule is COc1ccc(CC[CH]c2cccc(OCC(=O)NCCOCCOCCOCCOCCNC(=O)OC(C)(C)C)c2)cc1OC. The molecule has 2 N–H and O–H groups in total. The van der Waals surface area contributed by atoms with Gasteiger partial charge in [0.05, 0.1) is 67.1 Å². The van der Waals surface area contributed by atoms with Gasteiger partial charge in [-0.3, -0.25) is 4.79 Å². The number of nitrogens with one attached hydrogen (secondary N) is 2. The lowest BCUT2D eigenvalue weighted by Gasteiger charge is -2.19. The van der Waals surface area contributed by atoms with Crippen LogP contribution in [-0.2, 0) is 34.9 Å². The molecule has 0 unspecified atom stereocenters. The van der Waals surface area contributed by atoms with Gasteiger partial charge in [0, 0.05) is 13.1 Å². The van der Waals surface area contributed by atoms with Gasteiger partial charge in [-0.25, -0.2) is 4.79 Å². The number of carbonyl (C=O) groups excluding carboxylic acids is 2. The molecule has 46 heavy (non-hydrogen) atoms. The van der Waals surface area contributed by atoms with Crippen molar-refractivity contribution >= 4 is 12.0 Å². The zero-order valence-electron chi connectivity index (χ0n) is 27.9. The number of aryl methyl sites for hydroxylation is 1. The summed E-state index contributed by atoms with van der Waals surface area (Å²) < 4.78 is 43.2. The average molecular weight is 648 g/mol. The second-order valence-electron chi connectivity index (χ2n) is 11.0. The first-order valence-corrected chi connectivity index (χ1v) is 15.5. The van der Waals surface area contributed by atoms with Gasteiger partial charge in [-0.05, 0) is 75.4 Å². The van der Waals surface area contributed by atoms with Crippen LogP contribution in [0.1, 0.15) is 38.3 Å². The van der Waals surface area contributed by atoms with Crippen molar-refractivity contribution in [3.8, 4) is 17.2 Å². The molecule has 0 aliphatic heterocycles. The normalized spacial score (nSPS) is 11.2. The maximum atomic E-state index is 12.1. The highest BCUT2D eigenvalue weighted by Crippen LogP contribution is 2.28. The van der Waals surface area contributed by atoms with E-state index in [4.69, 9.17) is 37.9 Å². The summed E-state index contributed by atoms with van der Waals surface area (Å²) in [5.41, 5.74) is 1.66. The topological polar surface area (TPSA) is 132 Å². The summed E-state index contributed by atoms with van der Waals surface area (Å²) in [6.07, 6.45) is 3.36. The lowest BCUT2D eigenvalue weighted by atomic mass is 10.0. The van der Waals surface area contributed by atoms with Gasteiger partial charge in [-0.15, -0.1) is 0 Å². The van der Waals surface area contributed by atoms with Crippen LogP contribution in [0.15, 0.2) is 42.5 Å². The molecule has 0 saturated heterocycles. The largest absolute Gasteiger partial charge is 0.493 e. The number of amides is 2. The molecule has 257 valence electrons. The first-order chi connectivity index (χ1) is 22.2. The molecule has 0 saturated carbocycles. The molecular weight excluding hydrogens is 596 g/mol. The van der Waals surface area contributed by atoms with Gasteiger partial charge in [0.15, 0.2) is 18.1 Å². The summed E-state index contributed by atoms with van der Waals surface area (Å²) in [7, 11) is 3.25. The van der Waals surface area contributed by atoms with Crippen molar-refractivity contribution in [3.63, 3.8) is 0 Å². The molecule has 0 aliphatic carbocycles. The molecule has 12 nitrogen and oxygen atoms in total. The van der Waals surface area contributed by atoms with E-state index in [2.05, 4.69) is 17.1 Å². The van der Waals surface area contributed by atoms with Crippen LogP contribution >= 0.6 is 0 Å². The van der Waals surface area contributed by atoms with Gasteiger partial charge >= 0.3 is 6.09 Å². The second kappa shape index (κ2) is 22.8. The predicted octanol–water partition coefficient (Wildman–Crippen LogP) is 3.98. The van der Waals surface area contributed by atoms with Gasteiger partial charge in [-0.1, -0.05) is 18.2 Å². The third-order valence-electron chi connectivity index (χ3n) is 6.09. The van der Waals surface area contributed by atoms with Crippen LogP contribution in [0.25, 0.3) is 0 Å². The smallest absolute Gasteiger partial charge is 0.407 e. The Bertz CT molecular complexity index is 1140. The number of benzene rings is 2. The number of alkyl carbamates (subject to hydrolysis) is 1. The molecule has 2 aromatic rings. The third-order valence-corrected chi connectivity index (χ3v) is 6.09. The molecule has 0 bridgehead atoms. The fourth-order valence-electron chi connectivity index (χ4n) is 3.94. The highest BCUT2D eigenvalue weighted by molar-refractivity contribution is 5.77. The Balaban J connectivity index is 1.41. The van der Waals surface area contributed by atoms with Gasteiger partial charge in [0.25, 0.3) is 5.91 Å². The highest BCUT2D eigenvalue weighted by Gasteiger charge is 2.15. The Morgan fingerprint density at radius 2 is 1.35 bits per heavy atom. The molecule has 0 fully saturated rings. The van der Waals surface area contributed by atoms with Crippen molar-refractivity contribution in [1.82, 2.24) is 10.6 Å². The molecule has 0 spiro atoms. The van der Waals surface area contributed by atoms with E-state index in [1.54, 1.807) is 14.2 Å².